The van der Waals surface area contributed by atoms with Crippen molar-refractivity contribution in [1.29, 1.82) is 0 Å². The Morgan fingerprint density at radius 1 is 1.08 bits per heavy atom. The molecule has 7 aliphatic rings. The Morgan fingerprint density at radius 3 is 2.51 bits per heavy atom. The van der Waals surface area contributed by atoms with Crippen molar-refractivity contribution in [2.75, 3.05) is 26.2 Å². The van der Waals surface area contributed by atoms with Crippen LogP contribution in [-0.4, -0.2) is 138 Å². The van der Waals surface area contributed by atoms with Gasteiger partial charge in [0, 0.05) is 37.0 Å². The van der Waals surface area contributed by atoms with Crippen LogP contribution < -0.4 is 15.8 Å². The normalized spacial score (nSPS) is 28.0. The highest BCUT2D eigenvalue weighted by Crippen LogP contribution is 2.44. The lowest BCUT2D eigenvalue weighted by molar-refractivity contribution is -0.139. The van der Waals surface area contributed by atoms with E-state index in [4.69, 9.17) is 30.2 Å². The minimum absolute atomic E-state index is 0.0168. The number of hydrogen-bond acceptors (Lipinski definition) is 13. The zero-order chi connectivity index (χ0) is 45.3. The van der Waals surface area contributed by atoms with E-state index in [1.165, 1.54) is 4.90 Å². The number of alkyl carbamates (subject to hydrolysis) is 1. The van der Waals surface area contributed by atoms with Gasteiger partial charge in [-0.3, -0.25) is 29.1 Å². The van der Waals surface area contributed by atoms with Gasteiger partial charge in [0.1, 0.15) is 29.6 Å². The highest BCUT2D eigenvalue weighted by Gasteiger charge is 2.53. The maximum absolute atomic E-state index is 14.4. The number of carbonyl (C=O) groups excluding carboxylic acids is 4. The molecule has 63 heavy (non-hydrogen) atoms. The molecule has 0 aromatic carbocycles. The predicted octanol–water partition coefficient (Wildman–Crippen LogP) is 4.10. The summed E-state index contributed by atoms with van der Waals surface area (Å²) in [5.74, 6) is -0.927. The van der Waals surface area contributed by atoms with Gasteiger partial charge in [-0.15, -0.1) is 0 Å². The lowest BCUT2D eigenvalue weighted by atomic mass is 9.93. The van der Waals surface area contributed by atoms with Gasteiger partial charge in [0.15, 0.2) is 0 Å². The van der Waals surface area contributed by atoms with Crippen LogP contribution in [0.5, 0.6) is 0 Å². The minimum atomic E-state index is -3.65. The second-order valence-corrected chi connectivity index (χ2v) is 21.9. The number of likely N-dealkylation sites (tertiary alicyclic amines) is 2. The van der Waals surface area contributed by atoms with E-state index >= 15 is 0 Å². The van der Waals surface area contributed by atoms with Crippen LogP contribution in [0, 0.1) is 11.8 Å². The fourth-order valence-corrected chi connectivity index (χ4v) is 10.4. The van der Waals surface area contributed by atoms with Crippen LogP contribution in [-0.2, 0) is 33.9 Å². The second kappa shape index (κ2) is 18.8. The molecular formula is C45H67N9O8S. The number of ether oxygens (including phenoxy) is 2. The van der Waals surface area contributed by atoms with Crippen LogP contribution in [0.25, 0.3) is 0 Å². The summed E-state index contributed by atoms with van der Waals surface area (Å²) in [5.41, 5.74) is 7.06. The van der Waals surface area contributed by atoms with Crippen molar-refractivity contribution in [2.24, 2.45) is 32.5 Å². The molecule has 0 aromatic rings. The molecule has 0 bridgehead atoms. The molecule has 4 amide bonds. The van der Waals surface area contributed by atoms with Crippen molar-refractivity contribution >= 4 is 51.9 Å². The van der Waals surface area contributed by atoms with Gasteiger partial charge < -0.3 is 35.2 Å². The van der Waals surface area contributed by atoms with E-state index in [2.05, 4.69) is 45.8 Å². The molecular weight excluding hydrogens is 827 g/mol. The van der Waals surface area contributed by atoms with E-state index in [9.17, 15) is 27.6 Å². The van der Waals surface area contributed by atoms with Gasteiger partial charge >= 0.3 is 6.09 Å². The molecule has 2 unspecified atom stereocenters. The molecule has 4 heterocycles. The number of sulfonamides is 1. The molecule has 0 radical (unpaired) electrons. The second-order valence-electron chi connectivity index (χ2n) is 19.7. The smallest absolute Gasteiger partial charge is 0.408 e. The van der Waals surface area contributed by atoms with Gasteiger partial charge in [-0.25, -0.2) is 13.2 Å². The molecule has 0 spiro atoms. The number of rotatable bonds is 16. The summed E-state index contributed by atoms with van der Waals surface area (Å²) < 4.78 is 38.5. The van der Waals surface area contributed by atoms with Crippen LogP contribution in [0.4, 0.5) is 4.79 Å². The van der Waals surface area contributed by atoms with Crippen LogP contribution in [0.2, 0.25) is 0 Å². The number of allylic oxidation sites excluding steroid dienone is 2. The first-order chi connectivity index (χ1) is 29.8. The number of primary amides is 1. The minimum Gasteiger partial charge on any atom is -0.460 e. The molecule has 4 N–H and O–H groups in total. The van der Waals surface area contributed by atoms with E-state index in [0.717, 1.165) is 68.7 Å². The molecule has 2 saturated heterocycles. The summed E-state index contributed by atoms with van der Waals surface area (Å²) in [4.78, 5) is 73.7. The van der Waals surface area contributed by atoms with Crippen LogP contribution in [0.3, 0.4) is 0 Å². The summed E-state index contributed by atoms with van der Waals surface area (Å²) in [5, 5.41) is 2.77. The summed E-state index contributed by atoms with van der Waals surface area (Å²) >= 11 is 0. The summed E-state index contributed by atoms with van der Waals surface area (Å²) in [6.45, 7) is 13.6. The van der Waals surface area contributed by atoms with Crippen molar-refractivity contribution in [3.05, 3.63) is 35.6 Å². The number of unbranched alkanes of at least 4 members (excludes halogenated alkanes) is 3. The monoisotopic (exact) mass is 893 g/mol. The maximum atomic E-state index is 14.4. The molecule has 4 aliphatic heterocycles. The van der Waals surface area contributed by atoms with Crippen LogP contribution >= 0.6 is 0 Å². The van der Waals surface area contributed by atoms with Crippen LogP contribution in [0.1, 0.15) is 119 Å². The van der Waals surface area contributed by atoms with Gasteiger partial charge in [-0.05, 0) is 105 Å². The Labute approximate surface area is 372 Å². The van der Waals surface area contributed by atoms with E-state index in [-0.39, 0.29) is 42.9 Å². The molecule has 17 nitrogen and oxygen atoms in total. The Balaban J connectivity index is 0.973. The zero-order valence-electron chi connectivity index (χ0n) is 37.8. The molecule has 2 saturated carbocycles. The summed E-state index contributed by atoms with van der Waals surface area (Å²) in [6, 6.07) is -1.67. The summed E-state index contributed by atoms with van der Waals surface area (Å²) in [7, 11) is -3.65. The van der Waals surface area contributed by atoms with Gasteiger partial charge in [0.05, 0.1) is 41.8 Å². The van der Waals surface area contributed by atoms with Gasteiger partial charge in [-0.2, -0.15) is 4.99 Å². The Bertz CT molecular complexity index is 2080. The fraction of sp³-hybridized carbons (Fsp3) is 0.711. The summed E-state index contributed by atoms with van der Waals surface area (Å²) in [6.07, 6.45) is 17.0. The highest BCUT2D eigenvalue weighted by atomic mass is 32.2. The SMILES string of the molecule is CC(C)N1C(O[C@@H]2C[C@@H](C(N)=O)N(C(=O)[C@H](CCCCC/C=C\[C@@H]3C[C@@H]3C(=O)NS(=O)(=O)C3(C)CC3)NC(=O)OC(C)(C)C)C2)=NC2=C(C3CN=CC(N4CCCC4)=N3)C=CCC21. The first-order valence-electron chi connectivity index (χ1n) is 22.9. The number of aliphatic imine (C=N–C) groups is 3. The number of hydrogen-bond donors (Lipinski definition) is 3. The van der Waals surface area contributed by atoms with E-state index in [1.54, 1.807) is 27.7 Å². The van der Waals surface area contributed by atoms with Gasteiger partial charge in [-0.1, -0.05) is 37.1 Å². The van der Waals surface area contributed by atoms with E-state index in [1.807, 2.05) is 18.4 Å². The Hall–Kier alpha value is -4.74. The molecule has 346 valence electrons. The van der Waals surface area contributed by atoms with Crippen molar-refractivity contribution in [1.82, 2.24) is 24.7 Å². The molecule has 7 atom stereocenters. The quantitative estimate of drug-likeness (QED) is 0.149. The Morgan fingerprint density at radius 2 is 1.83 bits per heavy atom. The topological polar surface area (TPSA) is 218 Å². The number of carbonyl (C=O) groups is 4. The predicted molar refractivity (Wildman–Crippen MR) is 240 cm³/mol. The average molecular weight is 894 g/mol. The third kappa shape index (κ3) is 11.0. The first-order valence-corrected chi connectivity index (χ1v) is 24.4. The third-order valence-electron chi connectivity index (χ3n) is 13.1. The molecule has 4 fully saturated rings. The lowest BCUT2D eigenvalue weighted by Crippen LogP contribution is -2.53. The molecule has 3 aliphatic carbocycles. The van der Waals surface area contributed by atoms with Crippen molar-refractivity contribution in [2.45, 2.75) is 165 Å². The fourth-order valence-electron chi connectivity index (χ4n) is 9.10. The number of fused-ring (bicyclic) bond motifs is 1. The van der Waals surface area contributed by atoms with Crippen molar-refractivity contribution in [3.63, 3.8) is 0 Å². The zero-order valence-corrected chi connectivity index (χ0v) is 38.6. The molecule has 0 aromatic heterocycles. The highest BCUT2D eigenvalue weighted by molar-refractivity contribution is 7.91. The number of nitrogens with two attached hydrogens (primary N) is 1. The Kier molecular flexibility index (Phi) is 13.8. The number of nitrogens with one attached hydrogen (secondary N) is 2. The van der Waals surface area contributed by atoms with E-state index < -0.39 is 62.4 Å². The van der Waals surface area contributed by atoms with Crippen molar-refractivity contribution < 1.29 is 37.1 Å². The molecule has 18 heteroatoms. The number of nitrogens with zero attached hydrogens (tertiary/aromatic N) is 6. The number of amidine groups is 2. The average Bonchev–Trinajstić information content (AvgIpc) is 3.94. The van der Waals surface area contributed by atoms with Crippen LogP contribution in [0.15, 0.2) is 50.6 Å². The number of amides is 4. The van der Waals surface area contributed by atoms with Gasteiger partial charge in [0.25, 0.3) is 6.02 Å². The van der Waals surface area contributed by atoms with Crippen molar-refractivity contribution in [3.8, 4) is 0 Å². The van der Waals surface area contributed by atoms with E-state index in [0.29, 0.717) is 44.7 Å². The lowest BCUT2D eigenvalue weighted by Gasteiger charge is -2.33. The largest absolute Gasteiger partial charge is 0.460 e. The first kappa shape index (κ1) is 46.3. The standard InChI is InChI=1S/C45H67N9O8S/c1-28(2)54-35-18-14-16-31(34-25-47-26-37(48-34)52-21-12-13-22-52)38(35)50-42(54)61-30-24-36(39(46)55)53(27-30)41(57)33(49-43(58)62-44(3,4)5)17-11-9-7-8-10-15-29-23-32(29)40(56)51-63(59,60)45(6)19-20-45/h10,14-16,26,28-30,32-36H,7-9,11-13,17-25,27H2,1-6H3,(H2,46,55)(H,49,58)(H,51,56)/b15-10-/t29-,30-,32+,33+,34?,35?,36+/m1/s1. The maximum Gasteiger partial charge on any atom is 0.408 e. The third-order valence-corrected chi connectivity index (χ3v) is 15.2. The van der Waals surface area contributed by atoms with Gasteiger partial charge in [0.2, 0.25) is 27.7 Å². The molecule has 7 rings (SSSR count).